The van der Waals surface area contributed by atoms with Crippen LogP contribution in [0.15, 0.2) is 0 Å². The van der Waals surface area contributed by atoms with Gasteiger partial charge in [0.25, 0.3) is 0 Å². The normalized spacial score (nSPS) is 23.4. The Kier molecular flexibility index (Phi) is 5.45. The fraction of sp³-hybridized carbons (Fsp3) is 1.00. The molecule has 1 rings (SSSR count). The lowest BCUT2D eigenvalue weighted by atomic mass is 9.91. The van der Waals surface area contributed by atoms with E-state index in [0.29, 0.717) is 0 Å². The molecule has 2 unspecified atom stereocenters. The average molecular weight is 201 g/mol. The van der Waals surface area contributed by atoms with Gasteiger partial charge in [0.1, 0.15) is 0 Å². The van der Waals surface area contributed by atoms with Crippen LogP contribution in [0, 0.1) is 5.92 Å². The number of ether oxygens (including phenoxy) is 2. The summed E-state index contributed by atoms with van der Waals surface area (Å²) in [5, 5.41) is 0. The van der Waals surface area contributed by atoms with Crippen molar-refractivity contribution < 1.29 is 9.47 Å². The molecule has 0 saturated carbocycles. The van der Waals surface area contributed by atoms with Crippen LogP contribution >= 0.6 is 0 Å². The number of methoxy groups -OCH3 is 1. The molecule has 14 heavy (non-hydrogen) atoms. The van der Waals surface area contributed by atoms with Gasteiger partial charge in [-0.2, -0.15) is 0 Å². The molecule has 3 nitrogen and oxygen atoms in total. The summed E-state index contributed by atoms with van der Waals surface area (Å²) in [5.41, 5.74) is 6.06. The fourth-order valence-corrected chi connectivity index (χ4v) is 2.03. The predicted molar refractivity (Wildman–Crippen MR) is 57.2 cm³/mol. The first-order valence-corrected chi connectivity index (χ1v) is 5.58. The minimum Gasteiger partial charge on any atom is -0.382 e. The number of hydrogen-bond acceptors (Lipinski definition) is 3. The molecular weight excluding hydrogens is 178 g/mol. The number of hydrogen-bond donors (Lipinski definition) is 1. The molecule has 3 heteroatoms. The van der Waals surface area contributed by atoms with E-state index >= 15 is 0 Å². The zero-order chi connectivity index (χ0) is 10.4. The van der Waals surface area contributed by atoms with Crippen molar-refractivity contribution in [2.75, 3.05) is 20.3 Å². The van der Waals surface area contributed by atoms with Crippen molar-refractivity contribution >= 4 is 0 Å². The Morgan fingerprint density at radius 1 is 1.43 bits per heavy atom. The molecule has 0 amide bonds. The summed E-state index contributed by atoms with van der Waals surface area (Å²) in [6.07, 6.45) is 4.72. The highest BCUT2D eigenvalue weighted by Crippen LogP contribution is 2.21. The smallest absolute Gasteiger partial charge is 0.0558 e. The van der Waals surface area contributed by atoms with Crippen LogP contribution in [0.4, 0.5) is 0 Å². The predicted octanol–water partition coefficient (Wildman–Crippen LogP) is 1.56. The molecule has 84 valence electrons. The Hall–Kier alpha value is -0.120. The Balaban J connectivity index is 2.14. The van der Waals surface area contributed by atoms with E-state index in [2.05, 4.69) is 6.92 Å². The van der Waals surface area contributed by atoms with Gasteiger partial charge < -0.3 is 15.2 Å². The molecule has 1 aliphatic heterocycles. The zero-order valence-electron chi connectivity index (χ0n) is 9.37. The number of nitrogens with two attached hydrogens (primary N) is 1. The Bertz CT molecular complexity index is 146. The minimum absolute atomic E-state index is 0.282. The quantitative estimate of drug-likeness (QED) is 0.734. The highest BCUT2D eigenvalue weighted by Gasteiger charge is 2.18. The van der Waals surface area contributed by atoms with E-state index in [0.717, 1.165) is 32.0 Å². The summed E-state index contributed by atoms with van der Waals surface area (Å²) < 4.78 is 10.5. The molecule has 1 saturated heterocycles. The molecule has 0 aliphatic carbocycles. The summed E-state index contributed by atoms with van der Waals surface area (Å²) in [5.74, 6) is 0.766. The van der Waals surface area contributed by atoms with Gasteiger partial charge in [0.15, 0.2) is 0 Å². The Labute approximate surface area is 86.9 Å². The van der Waals surface area contributed by atoms with Crippen LogP contribution in [0.25, 0.3) is 0 Å². The summed E-state index contributed by atoms with van der Waals surface area (Å²) in [6.45, 7) is 3.90. The minimum atomic E-state index is 0.282. The van der Waals surface area contributed by atoms with Gasteiger partial charge >= 0.3 is 0 Å². The molecule has 0 aromatic rings. The van der Waals surface area contributed by atoms with Gasteiger partial charge in [-0.1, -0.05) is 0 Å². The number of rotatable bonds is 5. The molecule has 0 radical (unpaired) electrons. The zero-order valence-corrected chi connectivity index (χ0v) is 9.37. The first kappa shape index (κ1) is 12.0. The van der Waals surface area contributed by atoms with Crippen LogP contribution in [-0.2, 0) is 9.47 Å². The summed E-state index contributed by atoms with van der Waals surface area (Å²) in [4.78, 5) is 0. The fourth-order valence-electron chi connectivity index (χ4n) is 2.03. The van der Waals surface area contributed by atoms with E-state index in [1.54, 1.807) is 7.11 Å². The van der Waals surface area contributed by atoms with Gasteiger partial charge in [-0.15, -0.1) is 0 Å². The van der Waals surface area contributed by atoms with Crippen molar-refractivity contribution in [3.63, 3.8) is 0 Å². The van der Waals surface area contributed by atoms with E-state index in [9.17, 15) is 0 Å². The maximum absolute atomic E-state index is 6.06. The van der Waals surface area contributed by atoms with Crippen molar-refractivity contribution in [1.82, 2.24) is 0 Å². The molecule has 0 aromatic carbocycles. The first-order chi connectivity index (χ1) is 6.72. The van der Waals surface area contributed by atoms with Crippen molar-refractivity contribution in [2.45, 2.75) is 44.8 Å². The van der Waals surface area contributed by atoms with Crippen LogP contribution in [0.1, 0.15) is 32.6 Å². The van der Waals surface area contributed by atoms with Crippen molar-refractivity contribution in [2.24, 2.45) is 11.7 Å². The molecule has 2 atom stereocenters. The van der Waals surface area contributed by atoms with E-state index in [1.165, 1.54) is 12.8 Å². The topological polar surface area (TPSA) is 44.5 Å². The van der Waals surface area contributed by atoms with Crippen LogP contribution in [0.3, 0.4) is 0 Å². The lowest BCUT2D eigenvalue weighted by Gasteiger charge is -2.25. The third-order valence-corrected chi connectivity index (χ3v) is 3.01. The highest BCUT2D eigenvalue weighted by molar-refractivity contribution is 4.72. The van der Waals surface area contributed by atoms with Crippen molar-refractivity contribution in [1.29, 1.82) is 0 Å². The van der Waals surface area contributed by atoms with Gasteiger partial charge in [0.05, 0.1) is 6.10 Å². The van der Waals surface area contributed by atoms with Crippen LogP contribution < -0.4 is 5.73 Å². The maximum Gasteiger partial charge on any atom is 0.0558 e. The second kappa shape index (κ2) is 6.38. The van der Waals surface area contributed by atoms with E-state index in [-0.39, 0.29) is 12.1 Å². The third-order valence-electron chi connectivity index (χ3n) is 3.01. The molecule has 0 bridgehead atoms. The molecular formula is C11H23NO2. The molecule has 1 aliphatic rings. The van der Waals surface area contributed by atoms with Gasteiger partial charge in [-0.25, -0.2) is 0 Å². The SMILES string of the molecule is COC(C)CC(N)CC1CCOCC1. The lowest BCUT2D eigenvalue weighted by Crippen LogP contribution is -2.30. The molecule has 2 N–H and O–H groups in total. The van der Waals surface area contributed by atoms with Crippen LogP contribution in [0.2, 0.25) is 0 Å². The molecule has 0 spiro atoms. The van der Waals surface area contributed by atoms with E-state index < -0.39 is 0 Å². The Morgan fingerprint density at radius 3 is 2.64 bits per heavy atom. The van der Waals surface area contributed by atoms with Gasteiger partial charge in [-0.05, 0) is 38.5 Å². The second-order valence-electron chi connectivity index (χ2n) is 4.33. The van der Waals surface area contributed by atoms with Crippen molar-refractivity contribution in [3.05, 3.63) is 0 Å². The maximum atomic E-state index is 6.06. The first-order valence-electron chi connectivity index (χ1n) is 5.58. The monoisotopic (exact) mass is 201 g/mol. The lowest BCUT2D eigenvalue weighted by molar-refractivity contribution is 0.0569. The van der Waals surface area contributed by atoms with E-state index in [4.69, 9.17) is 15.2 Å². The molecule has 1 fully saturated rings. The van der Waals surface area contributed by atoms with Gasteiger partial charge in [-0.3, -0.25) is 0 Å². The summed E-state index contributed by atoms with van der Waals surface area (Å²) in [7, 11) is 1.74. The standard InChI is InChI=1S/C11H23NO2/c1-9(13-2)7-11(12)8-10-3-5-14-6-4-10/h9-11H,3-8,12H2,1-2H3. The van der Waals surface area contributed by atoms with Gasteiger partial charge in [0, 0.05) is 26.4 Å². The summed E-state index contributed by atoms with van der Waals surface area (Å²) in [6, 6.07) is 0.285. The van der Waals surface area contributed by atoms with Crippen LogP contribution in [0.5, 0.6) is 0 Å². The Morgan fingerprint density at radius 2 is 2.07 bits per heavy atom. The molecule has 0 aromatic heterocycles. The highest BCUT2D eigenvalue weighted by atomic mass is 16.5. The van der Waals surface area contributed by atoms with Crippen LogP contribution in [-0.4, -0.2) is 32.5 Å². The molecule has 1 heterocycles. The average Bonchev–Trinajstić information content (AvgIpc) is 2.19. The largest absolute Gasteiger partial charge is 0.382 e. The summed E-state index contributed by atoms with van der Waals surface area (Å²) >= 11 is 0. The third kappa shape index (κ3) is 4.40. The van der Waals surface area contributed by atoms with Crippen molar-refractivity contribution in [3.8, 4) is 0 Å². The van der Waals surface area contributed by atoms with Gasteiger partial charge in [0.2, 0.25) is 0 Å². The second-order valence-corrected chi connectivity index (χ2v) is 4.33. The van der Waals surface area contributed by atoms with E-state index in [1.807, 2.05) is 0 Å².